The smallest absolute Gasteiger partial charge is 0.407 e. The maximum atomic E-state index is 12.6. The maximum Gasteiger partial charge on any atom is 0.407 e. The average molecular weight is 295 g/mol. The van der Waals surface area contributed by atoms with Crippen molar-refractivity contribution in [2.45, 2.75) is 19.8 Å². The molecule has 1 aromatic heterocycles. The summed E-state index contributed by atoms with van der Waals surface area (Å²) in [7, 11) is 0. The zero-order valence-electron chi connectivity index (χ0n) is 12.2. The van der Waals surface area contributed by atoms with Crippen molar-refractivity contribution >= 4 is 17.9 Å². The molecule has 2 rings (SSSR count). The molecule has 1 aliphatic heterocycles. The van der Waals surface area contributed by atoms with E-state index >= 15 is 0 Å². The lowest BCUT2D eigenvalue weighted by Crippen LogP contribution is -2.54. The minimum absolute atomic E-state index is 0.0993. The number of unbranched alkanes of at least 4 members (excludes halogenated alkanes) is 1. The van der Waals surface area contributed by atoms with Gasteiger partial charge >= 0.3 is 12.1 Å². The number of amides is 3. The number of H-pyrrole nitrogens is 1. The fourth-order valence-corrected chi connectivity index (χ4v) is 2.29. The molecule has 0 aliphatic carbocycles. The van der Waals surface area contributed by atoms with Gasteiger partial charge in [0.25, 0.3) is 0 Å². The molecule has 0 aromatic carbocycles. The summed E-state index contributed by atoms with van der Waals surface area (Å²) >= 11 is 0. The van der Waals surface area contributed by atoms with Crippen molar-refractivity contribution in [1.29, 1.82) is 0 Å². The highest BCUT2D eigenvalue weighted by molar-refractivity contribution is 5.91. The van der Waals surface area contributed by atoms with Crippen LogP contribution in [0.3, 0.4) is 0 Å². The zero-order valence-corrected chi connectivity index (χ0v) is 12.2. The van der Waals surface area contributed by atoms with E-state index in [9.17, 15) is 9.59 Å². The number of nitrogens with zero attached hydrogens (tertiary/aromatic N) is 4. The number of carbonyl (C=O) groups is 2. The molecule has 8 heteroatoms. The second-order valence-corrected chi connectivity index (χ2v) is 4.98. The molecule has 0 saturated carbocycles. The number of carboxylic acid groups (broad SMARTS) is 1. The predicted molar refractivity (Wildman–Crippen MR) is 77.4 cm³/mol. The summed E-state index contributed by atoms with van der Waals surface area (Å²) in [4.78, 5) is 35.1. The number of rotatable bonds is 4. The molecular formula is C13H21N5O3. The zero-order chi connectivity index (χ0) is 15.2. The number of anilines is 1. The summed E-state index contributed by atoms with van der Waals surface area (Å²) < 4.78 is 0. The third-order valence-corrected chi connectivity index (χ3v) is 3.56. The molecule has 1 saturated heterocycles. The summed E-state index contributed by atoms with van der Waals surface area (Å²) in [5.74, 6) is 0.675. The standard InChI is InChI=1S/C13H21N5O3/c1-2-3-4-18(11-9-14-10-15-11)12(19)16-5-7-17(8-6-16)13(20)21/h9-10H,2-8H2,1H3,(H,14,15)(H,20,21). The number of nitrogens with one attached hydrogen (secondary N) is 1. The highest BCUT2D eigenvalue weighted by Gasteiger charge is 2.27. The molecule has 1 aliphatic rings. The molecule has 1 fully saturated rings. The van der Waals surface area contributed by atoms with Gasteiger partial charge in [-0.25, -0.2) is 14.6 Å². The van der Waals surface area contributed by atoms with Crippen LogP contribution in [0.4, 0.5) is 15.4 Å². The molecule has 116 valence electrons. The Hall–Kier alpha value is -2.25. The molecule has 0 atom stereocenters. The number of aromatic amines is 1. The van der Waals surface area contributed by atoms with Crippen LogP contribution < -0.4 is 4.90 Å². The van der Waals surface area contributed by atoms with E-state index in [1.807, 2.05) is 0 Å². The van der Waals surface area contributed by atoms with Gasteiger partial charge in [-0.1, -0.05) is 13.3 Å². The van der Waals surface area contributed by atoms with Crippen molar-refractivity contribution in [3.05, 3.63) is 12.5 Å². The number of aromatic nitrogens is 2. The summed E-state index contributed by atoms with van der Waals surface area (Å²) in [5, 5.41) is 8.94. The van der Waals surface area contributed by atoms with E-state index in [-0.39, 0.29) is 6.03 Å². The van der Waals surface area contributed by atoms with Gasteiger partial charge < -0.3 is 19.9 Å². The van der Waals surface area contributed by atoms with Gasteiger partial charge in [0, 0.05) is 32.7 Å². The molecule has 2 N–H and O–H groups in total. The van der Waals surface area contributed by atoms with Crippen molar-refractivity contribution < 1.29 is 14.7 Å². The normalized spacial score (nSPS) is 15.1. The first-order chi connectivity index (χ1) is 10.1. The summed E-state index contributed by atoms with van der Waals surface area (Å²) in [6.45, 7) is 4.24. The molecule has 8 nitrogen and oxygen atoms in total. The monoisotopic (exact) mass is 295 g/mol. The van der Waals surface area contributed by atoms with E-state index < -0.39 is 6.09 Å². The minimum atomic E-state index is -0.932. The fourth-order valence-electron chi connectivity index (χ4n) is 2.29. The topological polar surface area (TPSA) is 92.8 Å². The van der Waals surface area contributed by atoms with E-state index in [0.29, 0.717) is 38.5 Å². The van der Waals surface area contributed by atoms with Crippen LogP contribution in [-0.2, 0) is 0 Å². The third kappa shape index (κ3) is 3.65. The van der Waals surface area contributed by atoms with E-state index in [4.69, 9.17) is 5.11 Å². The molecular weight excluding hydrogens is 274 g/mol. The van der Waals surface area contributed by atoms with Crippen molar-refractivity contribution in [2.24, 2.45) is 0 Å². The molecule has 0 radical (unpaired) electrons. The van der Waals surface area contributed by atoms with Crippen LogP contribution in [0, 0.1) is 0 Å². The van der Waals surface area contributed by atoms with Gasteiger partial charge in [-0.05, 0) is 6.42 Å². The molecule has 0 spiro atoms. The molecule has 21 heavy (non-hydrogen) atoms. The van der Waals surface area contributed by atoms with Gasteiger partial charge in [0.05, 0.1) is 12.5 Å². The highest BCUT2D eigenvalue weighted by Crippen LogP contribution is 2.14. The Morgan fingerprint density at radius 2 is 2.00 bits per heavy atom. The number of hydrogen-bond acceptors (Lipinski definition) is 3. The Kier molecular flexibility index (Phi) is 5.02. The average Bonchev–Trinajstić information content (AvgIpc) is 3.01. The lowest BCUT2D eigenvalue weighted by atomic mass is 10.3. The summed E-state index contributed by atoms with van der Waals surface area (Å²) in [5.41, 5.74) is 0. The van der Waals surface area contributed by atoms with Crippen molar-refractivity contribution in [3.63, 3.8) is 0 Å². The number of piperazine rings is 1. The van der Waals surface area contributed by atoms with Crippen molar-refractivity contribution in [2.75, 3.05) is 37.6 Å². The van der Waals surface area contributed by atoms with Gasteiger partial charge in [0.2, 0.25) is 0 Å². The van der Waals surface area contributed by atoms with Crippen molar-refractivity contribution in [3.8, 4) is 0 Å². The van der Waals surface area contributed by atoms with Gasteiger partial charge in [-0.15, -0.1) is 0 Å². The number of carbonyl (C=O) groups excluding carboxylic acids is 1. The maximum absolute atomic E-state index is 12.6. The van der Waals surface area contributed by atoms with Crippen LogP contribution in [-0.4, -0.2) is 69.7 Å². The Morgan fingerprint density at radius 1 is 1.33 bits per heavy atom. The Balaban J connectivity index is 2.00. The Bertz CT molecular complexity index is 468. The van der Waals surface area contributed by atoms with Crippen LogP contribution in [0.2, 0.25) is 0 Å². The molecule has 2 heterocycles. The second-order valence-electron chi connectivity index (χ2n) is 4.98. The lowest BCUT2D eigenvalue weighted by Gasteiger charge is -2.36. The molecule has 0 bridgehead atoms. The van der Waals surface area contributed by atoms with E-state index in [2.05, 4.69) is 16.9 Å². The Morgan fingerprint density at radius 3 is 2.52 bits per heavy atom. The van der Waals surface area contributed by atoms with Gasteiger partial charge in [-0.2, -0.15) is 0 Å². The number of hydrogen-bond donors (Lipinski definition) is 2. The molecule has 3 amide bonds. The number of imidazole rings is 1. The second kappa shape index (κ2) is 6.96. The summed E-state index contributed by atoms with van der Waals surface area (Å²) in [6.07, 6.45) is 4.13. The lowest BCUT2D eigenvalue weighted by molar-refractivity contribution is 0.113. The van der Waals surface area contributed by atoms with Gasteiger partial charge in [-0.3, -0.25) is 4.90 Å². The molecule has 1 aromatic rings. The predicted octanol–water partition coefficient (Wildman–Crippen LogP) is 1.43. The van der Waals surface area contributed by atoms with E-state index in [0.717, 1.165) is 12.8 Å². The van der Waals surface area contributed by atoms with Crippen LogP contribution in [0.1, 0.15) is 19.8 Å². The highest BCUT2D eigenvalue weighted by atomic mass is 16.4. The first kappa shape index (κ1) is 15.1. The fraction of sp³-hybridized carbons (Fsp3) is 0.615. The summed E-state index contributed by atoms with van der Waals surface area (Å²) in [6, 6.07) is -0.0993. The SMILES string of the molecule is CCCCN(C(=O)N1CCN(C(=O)O)CC1)c1cnc[nH]1. The number of urea groups is 1. The van der Waals surface area contributed by atoms with E-state index in [1.54, 1.807) is 22.3 Å². The van der Waals surface area contributed by atoms with Crippen LogP contribution in [0.25, 0.3) is 0 Å². The van der Waals surface area contributed by atoms with Gasteiger partial charge in [0.1, 0.15) is 5.82 Å². The largest absolute Gasteiger partial charge is 0.465 e. The van der Waals surface area contributed by atoms with Gasteiger partial charge in [0.15, 0.2) is 0 Å². The minimum Gasteiger partial charge on any atom is -0.465 e. The molecule has 0 unspecified atom stereocenters. The van der Waals surface area contributed by atoms with E-state index in [1.165, 1.54) is 4.90 Å². The quantitative estimate of drug-likeness (QED) is 0.879. The Labute approximate surface area is 123 Å². The first-order valence-electron chi connectivity index (χ1n) is 7.16. The van der Waals surface area contributed by atoms with Crippen molar-refractivity contribution in [1.82, 2.24) is 19.8 Å². The van der Waals surface area contributed by atoms with Crippen LogP contribution >= 0.6 is 0 Å². The van der Waals surface area contributed by atoms with Crippen LogP contribution in [0.5, 0.6) is 0 Å². The first-order valence-corrected chi connectivity index (χ1v) is 7.16. The third-order valence-electron chi connectivity index (χ3n) is 3.56. The van der Waals surface area contributed by atoms with Crippen LogP contribution in [0.15, 0.2) is 12.5 Å².